The van der Waals surface area contributed by atoms with E-state index in [0.29, 0.717) is 23.4 Å². The number of hydrogen-bond donors (Lipinski definition) is 0. The Balaban J connectivity index is 1.53. The first-order valence-electron chi connectivity index (χ1n) is 7.74. The molecule has 0 saturated carbocycles. The zero-order valence-electron chi connectivity index (χ0n) is 13.1. The molecule has 0 unspecified atom stereocenters. The molecule has 1 aromatic carbocycles. The number of Topliss-reactive ketones (excluding diaryl/α,β-unsaturated/α-hetero) is 1. The molecule has 124 valence electrons. The lowest BCUT2D eigenvalue weighted by molar-refractivity contribution is -0.128. The van der Waals surface area contributed by atoms with Crippen LogP contribution in [0.4, 0.5) is 0 Å². The van der Waals surface area contributed by atoms with Gasteiger partial charge in [0.2, 0.25) is 11.7 Å². The summed E-state index contributed by atoms with van der Waals surface area (Å²) in [5.74, 6) is -0.559. The van der Waals surface area contributed by atoms with Crippen molar-refractivity contribution in [2.24, 2.45) is 0 Å². The number of nitrogens with zero attached hydrogens (tertiary/aromatic N) is 1. The summed E-state index contributed by atoms with van der Waals surface area (Å²) in [4.78, 5) is 37.8. The summed E-state index contributed by atoms with van der Waals surface area (Å²) < 4.78 is 5.06. The second-order valence-corrected chi connectivity index (χ2v) is 6.54. The third-order valence-corrected chi connectivity index (χ3v) is 4.78. The number of esters is 1. The molecule has 24 heavy (non-hydrogen) atoms. The molecule has 2 aromatic rings. The summed E-state index contributed by atoms with van der Waals surface area (Å²) >= 11 is 1.32. The molecule has 6 heteroatoms. The number of carbonyl (C=O) groups is 3. The van der Waals surface area contributed by atoms with Gasteiger partial charge in [-0.05, 0) is 35.6 Å². The summed E-state index contributed by atoms with van der Waals surface area (Å²) in [5, 5.41) is 1.80. The van der Waals surface area contributed by atoms with Crippen molar-refractivity contribution in [2.75, 3.05) is 13.2 Å². The van der Waals surface area contributed by atoms with Gasteiger partial charge in [0.05, 0.1) is 10.4 Å². The number of thiophene rings is 1. The standard InChI is InChI=1S/C18H17NO4S/c20-15(16-3-2-10-24-16)12-23-18(22)14-7-5-13(6-8-14)11-19-9-1-4-17(19)21/h2-3,5-8,10H,1,4,9,11-12H2. The fourth-order valence-electron chi connectivity index (χ4n) is 2.56. The molecule has 0 bridgehead atoms. The molecule has 5 nitrogen and oxygen atoms in total. The van der Waals surface area contributed by atoms with Crippen LogP contribution in [0.2, 0.25) is 0 Å². The average molecular weight is 343 g/mol. The molecular weight excluding hydrogens is 326 g/mol. The fraction of sp³-hybridized carbons (Fsp3) is 0.278. The molecular formula is C18H17NO4S. The van der Waals surface area contributed by atoms with E-state index in [0.717, 1.165) is 18.5 Å². The van der Waals surface area contributed by atoms with Crippen LogP contribution in [0.3, 0.4) is 0 Å². The van der Waals surface area contributed by atoms with E-state index in [9.17, 15) is 14.4 Å². The van der Waals surface area contributed by atoms with Crippen LogP contribution in [0.5, 0.6) is 0 Å². The van der Waals surface area contributed by atoms with Gasteiger partial charge >= 0.3 is 5.97 Å². The third kappa shape index (κ3) is 3.89. The monoisotopic (exact) mass is 343 g/mol. The average Bonchev–Trinajstić information content (AvgIpc) is 3.26. The summed E-state index contributed by atoms with van der Waals surface area (Å²) in [5.41, 5.74) is 1.36. The van der Waals surface area contributed by atoms with Crippen molar-refractivity contribution in [1.29, 1.82) is 0 Å². The predicted molar refractivity (Wildman–Crippen MR) is 90.0 cm³/mol. The minimum atomic E-state index is -0.524. The van der Waals surface area contributed by atoms with Gasteiger partial charge in [-0.3, -0.25) is 9.59 Å². The van der Waals surface area contributed by atoms with Gasteiger partial charge in [-0.1, -0.05) is 18.2 Å². The van der Waals surface area contributed by atoms with Gasteiger partial charge in [0.1, 0.15) is 0 Å². The highest BCUT2D eigenvalue weighted by Crippen LogP contribution is 2.15. The maximum atomic E-state index is 12.0. The van der Waals surface area contributed by atoms with Gasteiger partial charge in [-0.2, -0.15) is 0 Å². The number of benzene rings is 1. The van der Waals surface area contributed by atoms with E-state index in [2.05, 4.69) is 0 Å². The van der Waals surface area contributed by atoms with Crippen molar-refractivity contribution in [3.05, 3.63) is 57.8 Å². The van der Waals surface area contributed by atoms with E-state index >= 15 is 0 Å². The Morgan fingerprint density at radius 3 is 2.58 bits per heavy atom. The first-order chi connectivity index (χ1) is 11.6. The fourth-order valence-corrected chi connectivity index (χ4v) is 3.21. The number of ether oxygens (including phenoxy) is 1. The smallest absolute Gasteiger partial charge is 0.338 e. The summed E-state index contributed by atoms with van der Waals surface area (Å²) in [6.07, 6.45) is 1.52. The van der Waals surface area contributed by atoms with Crippen molar-refractivity contribution < 1.29 is 19.1 Å². The van der Waals surface area contributed by atoms with E-state index in [1.807, 2.05) is 17.0 Å². The second-order valence-electron chi connectivity index (χ2n) is 5.59. The number of rotatable bonds is 6. The van der Waals surface area contributed by atoms with Crippen LogP contribution >= 0.6 is 11.3 Å². The largest absolute Gasteiger partial charge is 0.454 e. The molecule has 1 aromatic heterocycles. The molecule has 1 aliphatic heterocycles. The Morgan fingerprint density at radius 1 is 1.17 bits per heavy atom. The Kier molecular flexibility index (Phi) is 5.05. The van der Waals surface area contributed by atoms with Crippen LogP contribution in [-0.2, 0) is 16.1 Å². The number of hydrogen-bond acceptors (Lipinski definition) is 5. The molecule has 0 radical (unpaired) electrons. The van der Waals surface area contributed by atoms with Crippen LogP contribution in [0, 0.1) is 0 Å². The summed E-state index contributed by atoms with van der Waals surface area (Å²) in [6.45, 7) is 1.09. The highest BCUT2D eigenvalue weighted by molar-refractivity contribution is 7.12. The normalized spacial score (nSPS) is 14.0. The highest BCUT2D eigenvalue weighted by Gasteiger charge is 2.20. The molecule has 0 spiro atoms. The number of ketones is 1. The molecule has 1 saturated heterocycles. The van der Waals surface area contributed by atoms with E-state index in [-0.39, 0.29) is 18.3 Å². The van der Waals surface area contributed by atoms with Crippen LogP contribution in [0.15, 0.2) is 41.8 Å². The lowest BCUT2D eigenvalue weighted by Crippen LogP contribution is -2.23. The first-order valence-corrected chi connectivity index (χ1v) is 8.62. The minimum absolute atomic E-state index is 0.172. The molecule has 2 heterocycles. The lowest BCUT2D eigenvalue weighted by atomic mass is 10.1. The molecule has 1 amide bonds. The molecule has 0 N–H and O–H groups in total. The highest BCUT2D eigenvalue weighted by atomic mass is 32.1. The first kappa shape index (κ1) is 16.4. The SMILES string of the molecule is O=C(OCC(=O)c1cccs1)c1ccc(CN2CCCC2=O)cc1. The number of amides is 1. The van der Waals surface area contributed by atoms with Gasteiger partial charge < -0.3 is 9.64 Å². The molecule has 1 fully saturated rings. The summed E-state index contributed by atoms with van der Waals surface area (Å²) in [6, 6.07) is 10.4. The second kappa shape index (κ2) is 7.40. The third-order valence-electron chi connectivity index (χ3n) is 3.86. The minimum Gasteiger partial charge on any atom is -0.454 e. The zero-order chi connectivity index (χ0) is 16.9. The number of carbonyl (C=O) groups excluding carboxylic acids is 3. The quantitative estimate of drug-likeness (QED) is 0.598. The Labute approximate surface area is 143 Å². The van der Waals surface area contributed by atoms with Crippen molar-refractivity contribution in [2.45, 2.75) is 19.4 Å². The van der Waals surface area contributed by atoms with Crippen molar-refractivity contribution in [3.63, 3.8) is 0 Å². The molecule has 3 rings (SSSR count). The van der Waals surface area contributed by atoms with E-state index in [4.69, 9.17) is 4.74 Å². The van der Waals surface area contributed by atoms with Crippen molar-refractivity contribution in [3.8, 4) is 0 Å². The predicted octanol–water partition coefficient (Wildman–Crippen LogP) is 2.91. The van der Waals surface area contributed by atoms with Crippen molar-refractivity contribution >= 4 is 29.0 Å². The summed E-state index contributed by atoms with van der Waals surface area (Å²) in [7, 11) is 0. The molecule has 0 atom stereocenters. The van der Waals surface area contributed by atoms with E-state index in [1.165, 1.54) is 11.3 Å². The van der Waals surface area contributed by atoms with Crippen molar-refractivity contribution in [1.82, 2.24) is 4.90 Å². The van der Waals surface area contributed by atoms with Gasteiger partial charge in [0.25, 0.3) is 0 Å². The molecule has 0 aliphatic carbocycles. The van der Waals surface area contributed by atoms with E-state index < -0.39 is 5.97 Å². The Hall–Kier alpha value is -2.47. The van der Waals surface area contributed by atoms with Gasteiger partial charge in [-0.25, -0.2) is 4.79 Å². The molecule has 1 aliphatic rings. The van der Waals surface area contributed by atoms with Gasteiger partial charge in [-0.15, -0.1) is 11.3 Å². The topological polar surface area (TPSA) is 63.7 Å². The lowest BCUT2D eigenvalue weighted by Gasteiger charge is -2.15. The Morgan fingerprint density at radius 2 is 1.96 bits per heavy atom. The maximum Gasteiger partial charge on any atom is 0.338 e. The maximum absolute atomic E-state index is 12.0. The van der Waals surface area contributed by atoms with Crippen LogP contribution in [-0.4, -0.2) is 35.7 Å². The van der Waals surface area contributed by atoms with Crippen LogP contribution in [0.1, 0.15) is 38.4 Å². The zero-order valence-corrected chi connectivity index (χ0v) is 13.9. The Bertz CT molecular complexity index is 737. The van der Waals surface area contributed by atoms with Crippen LogP contribution < -0.4 is 0 Å². The van der Waals surface area contributed by atoms with E-state index in [1.54, 1.807) is 29.6 Å². The van der Waals surface area contributed by atoms with Gasteiger partial charge in [0, 0.05) is 19.5 Å². The number of likely N-dealkylation sites (tertiary alicyclic amines) is 1. The van der Waals surface area contributed by atoms with Gasteiger partial charge in [0.15, 0.2) is 6.61 Å². The van der Waals surface area contributed by atoms with Crippen LogP contribution in [0.25, 0.3) is 0 Å².